The van der Waals surface area contributed by atoms with Gasteiger partial charge in [0.2, 0.25) is 0 Å². The molecular formula is C26H20BrN3O5. The Morgan fingerprint density at radius 3 is 2.83 bits per heavy atom. The van der Waals surface area contributed by atoms with Gasteiger partial charge in [-0.15, -0.1) is 6.58 Å². The highest BCUT2D eigenvalue weighted by Gasteiger charge is 2.12. The predicted molar refractivity (Wildman–Crippen MR) is 137 cm³/mol. The number of allylic oxidation sites excluding steroid dienone is 1. The van der Waals surface area contributed by atoms with E-state index >= 15 is 0 Å². The van der Waals surface area contributed by atoms with Crippen molar-refractivity contribution < 1.29 is 18.9 Å². The van der Waals surface area contributed by atoms with Gasteiger partial charge in [0.1, 0.15) is 17.9 Å². The largest absolute Gasteiger partial charge is 0.489 e. The Kier molecular flexibility index (Phi) is 7.37. The maximum Gasteiger partial charge on any atom is 0.307 e. The number of nitrogens with one attached hydrogen (secondary N) is 1. The second kappa shape index (κ2) is 10.8. The second-order valence-corrected chi connectivity index (χ2v) is 8.48. The molecule has 0 unspecified atom stereocenters. The molecule has 1 amide bonds. The number of carbonyl (C=O) groups is 1. The molecule has 35 heavy (non-hydrogen) atoms. The van der Waals surface area contributed by atoms with Gasteiger partial charge in [0.15, 0.2) is 5.76 Å². The lowest BCUT2D eigenvalue weighted by atomic mass is 10.1. The third-order valence-corrected chi connectivity index (χ3v) is 5.54. The van der Waals surface area contributed by atoms with Crippen molar-refractivity contribution in [2.75, 3.05) is 0 Å². The molecule has 0 fully saturated rings. The lowest BCUT2D eigenvalue weighted by molar-refractivity contribution is -0.384. The van der Waals surface area contributed by atoms with Gasteiger partial charge in [-0.25, -0.2) is 5.43 Å². The smallest absolute Gasteiger partial charge is 0.307 e. The summed E-state index contributed by atoms with van der Waals surface area (Å²) in [6.45, 7) is 3.97. The van der Waals surface area contributed by atoms with Gasteiger partial charge < -0.3 is 9.15 Å². The summed E-state index contributed by atoms with van der Waals surface area (Å²) in [6.07, 6.45) is 3.82. The third kappa shape index (κ3) is 6.01. The van der Waals surface area contributed by atoms with Gasteiger partial charge in [-0.3, -0.25) is 14.9 Å². The van der Waals surface area contributed by atoms with Crippen LogP contribution in [0.25, 0.3) is 11.0 Å². The highest BCUT2D eigenvalue weighted by Crippen LogP contribution is 2.24. The van der Waals surface area contributed by atoms with Crippen molar-refractivity contribution in [1.29, 1.82) is 0 Å². The monoisotopic (exact) mass is 533 g/mol. The summed E-state index contributed by atoms with van der Waals surface area (Å²) >= 11 is 3.39. The molecule has 4 aromatic rings. The summed E-state index contributed by atoms with van der Waals surface area (Å²) in [4.78, 5) is 22.9. The van der Waals surface area contributed by atoms with E-state index in [1.165, 1.54) is 18.3 Å². The topological polar surface area (TPSA) is 107 Å². The fraction of sp³-hybridized carbons (Fsp3) is 0.0769. The average Bonchev–Trinajstić information content (AvgIpc) is 3.27. The lowest BCUT2D eigenvalue weighted by Crippen LogP contribution is -2.16. The molecule has 0 saturated carbocycles. The van der Waals surface area contributed by atoms with Gasteiger partial charge >= 0.3 is 5.91 Å². The number of hydrogen-bond donors (Lipinski definition) is 1. The molecule has 8 nitrogen and oxygen atoms in total. The summed E-state index contributed by atoms with van der Waals surface area (Å²) < 4.78 is 12.4. The number of nitro groups is 1. The van der Waals surface area contributed by atoms with Crippen LogP contribution in [0.4, 0.5) is 5.69 Å². The van der Waals surface area contributed by atoms with Gasteiger partial charge in [0, 0.05) is 22.0 Å². The molecule has 0 spiro atoms. The third-order valence-electron chi connectivity index (χ3n) is 5.05. The Balaban J connectivity index is 1.42. The number of furan rings is 1. The average molecular weight is 534 g/mol. The summed E-state index contributed by atoms with van der Waals surface area (Å²) in [5, 5.41) is 15.8. The van der Waals surface area contributed by atoms with Gasteiger partial charge in [0.25, 0.3) is 5.69 Å². The zero-order chi connectivity index (χ0) is 24.8. The molecule has 0 aliphatic carbocycles. The first kappa shape index (κ1) is 23.9. The zero-order valence-corrected chi connectivity index (χ0v) is 20.0. The summed E-state index contributed by atoms with van der Waals surface area (Å²) in [5.74, 6) is 0.329. The number of benzene rings is 3. The minimum absolute atomic E-state index is 0.0153. The first-order chi connectivity index (χ1) is 16.9. The first-order valence-electron chi connectivity index (χ1n) is 10.6. The number of hydrogen-bond acceptors (Lipinski definition) is 6. The fourth-order valence-corrected chi connectivity index (χ4v) is 3.78. The Morgan fingerprint density at radius 2 is 2.03 bits per heavy atom. The molecule has 1 aromatic heterocycles. The number of fused-ring (bicyclic) bond motifs is 1. The maximum atomic E-state index is 12.4. The molecule has 4 rings (SSSR count). The molecule has 0 atom stereocenters. The lowest BCUT2D eigenvalue weighted by Gasteiger charge is -2.11. The molecule has 3 aromatic carbocycles. The van der Waals surface area contributed by atoms with Gasteiger partial charge in [-0.2, -0.15) is 5.10 Å². The van der Waals surface area contributed by atoms with E-state index in [0.29, 0.717) is 23.3 Å². The molecule has 176 valence electrons. The summed E-state index contributed by atoms with van der Waals surface area (Å²) in [7, 11) is 0. The summed E-state index contributed by atoms with van der Waals surface area (Å²) in [5.41, 5.74) is 5.40. The van der Waals surface area contributed by atoms with Crippen LogP contribution in [0.15, 0.2) is 93.4 Å². The van der Waals surface area contributed by atoms with Crippen LogP contribution in [0.1, 0.15) is 27.2 Å². The molecule has 9 heteroatoms. The molecule has 0 bridgehead atoms. The number of rotatable bonds is 9. The van der Waals surface area contributed by atoms with Crippen molar-refractivity contribution in [1.82, 2.24) is 5.43 Å². The molecular weight excluding hydrogens is 514 g/mol. The van der Waals surface area contributed by atoms with E-state index < -0.39 is 10.8 Å². The Labute approximate surface area is 209 Å². The van der Waals surface area contributed by atoms with Crippen LogP contribution in [0.5, 0.6) is 5.75 Å². The number of amides is 1. The maximum absolute atomic E-state index is 12.4. The van der Waals surface area contributed by atoms with E-state index in [2.05, 4.69) is 33.0 Å². The number of ether oxygens (including phenoxy) is 1. The number of nitrogens with zero attached hydrogens (tertiary/aromatic N) is 2. The van der Waals surface area contributed by atoms with E-state index in [4.69, 9.17) is 9.15 Å². The molecule has 1 heterocycles. The van der Waals surface area contributed by atoms with Crippen LogP contribution in [-0.4, -0.2) is 17.0 Å². The molecule has 0 radical (unpaired) electrons. The van der Waals surface area contributed by atoms with Crippen molar-refractivity contribution in [3.8, 4) is 5.75 Å². The number of nitro benzene ring substituents is 1. The quantitative estimate of drug-likeness (QED) is 0.120. The Bertz CT molecular complexity index is 1440. The fourth-order valence-electron chi connectivity index (χ4n) is 3.40. The van der Waals surface area contributed by atoms with Crippen LogP contribution in [0.3, 0.4) is 0 Å². The normalized spacial score (nSPS) is 11.0. The highest BCUT2D eigenvalue weighted by molar-refractivity contribution is 9.10. The molecule has 1 N–H and O–H groups in total. The van der Waals surface area contributed by atoms with Crippen molar-refractivity contribution in [3.63, 3.8) is 0 Å². The zero-order valence-electron chi connectivity index (χ0n) is 18.4. The van der Waals surface area contributed by atoms with E-state index in [1.807, 2.05) is 18.2 Å². The van der Waals surface area contributed by atoms with Crippen LogP contribution in [0, 0.1) is 10.1 Å². The molecule has 0 aliphatic heterocycles. The van der Waals surface area contributed by atoms with Gasteiger partial charge in [-0.05, 0) is 65.6 Å². The van der Waals surface area contributed by atoms with Gasteiger partial charge in [-0.1, -0.05) is 34.1 Å². The van der Waals surface area contributed by atoms with Crippen molar-refractivity contribution in [3.05, 3.63) is 116 Å². The first-order valence-corrected chi connectivity index (χ1v) is 11.3. The van der Waals surface area contributed by atoms with Crippen molar-refractivity contribution >= 4 is 44.7 Å². The van der Waals surface area contributed by atoms with Crippen LogP contribution < -0.4 is 10.2 Å². The Morgan fingerprint density at radius 1 is 1.17 bits per heavy atom. The van der Waals surface area contributed by atoms with E-state index in [1.54, 1.807) is 42.5 Å². The van der Waals surface area contributed by atoms with Crippen molar-refractivity contribution in [2.45, 2.75) is 13.0 Å². The van der Waals surface area contributed by atoms with Crippen LogP contribution in [-0.2, 0) is 13.0 Å². The number of halogens is 1. The summed E-state index contributed by atoms with van der Waals surface area (Å²) in [6, 6.07) is 18.9. The molecule has 0 aliphatic rings. The minimum atomic E-state index is -0.461. The van der Waals surface area contributed by atoms with Crippen LogP contribution >= 0.6 is 15.9 Å². The highest BCUT2D eigenvalue weighted by atomic mass is 79.9. The SMILES string of the molecule is C=CCc1cc(/C=N/NC(=O)c2cc3cc(Br)ccc3o2)ccc1OCc1cccc([N+](=O)[O-])c1. The van der Waals surface area contributed by atoms with E-state index in [9.17, 15) is 14.9 Å². The Hall–Kier alpha value is -4.24. The van der Waals surface area contributed by atoms with Gasteiger partial charge in [0.05, 0.1) is 11.1 Å². The molecule has 0 saturated heterocycles. The predicted octanol–water partition coefficient (Wildman–Crippen LogP) is 6.17. The number of non-ortho nitro benzene ring substituents is 1. The van der Waals surface area contributed by atoms with Crippen LogP contribution in [0.2, 0.25) is 0 Å². The van der Waals surface area contributed by atoms with E-state index in [0.717, 1.165) is 21.0 Å². The van der Waals surface area contributed by atoms with E-state index in [-0.39, 0.29) is 18.1 Å². The van der Waals surface area contributed by atoms with Crippen molar-refractivity contribution in [2.24, 2.45) is 5.10 Å². The standard InChI is InChI=1S/C26H20BrN3O5/c1-2-4-19-11-17(7-9-23(19)34-16-18-5-3-6-22(12-18)30(32)33)15-28-29-26(31)25-14-20-13-21(27)8-10-24(20)35-25/h2-3,5-15H,1,4,16H2,(H,29,31)/b28-15+. The number of carbonyl (C=O) groups excluding carboxylic acids is 1. The second-order valence-electron chi connectivity index (χ2n) is 7.57. The number of hydrazone groups is 1. The minimum Gasteiger partial charge on any atom is -0.489 e.